The number of amides is 2. The standard InChI is InChI=1S/C22H27N3O3/c1-24(18-8-3-2-4-9-18)14-7-13-23-21(26)17-28-20-11-5-10-19(16-20)25-15-6-12-22(25)27/h2-5,8-11,16H,6-7,12-15,17H2,1H3,(H,23,26). The number of nitrogens with zero attached hydrogens (tertiary/aromatic N) is 2. The van der Waals surface area contributed by atoms with Gasteiger partial charge in [0.25, 0.3) is 5.91 Å². The second-order valence-electron chi connectivity index (χ2n) is 6.90. The number of carbonyl (C=O) groups is 2. The molecule has 0 bridgehead atoms. The zero-order chi connectivity index (χ0) is 19.8. The van der Waals surface area contributed by atoms with E-state index in [2.05, 4.69) is 22.3 Å². The Morgan fingerprint density at radius 2 is 2.00 bits per heavy atom. The Morgan fingerprint density at radius 3 is 2.75 bits per heavy atom. The van der Waals surface area contributed by atoms with Crippen molar-refractivity contribution in [3.8, 4) is 5.75 Å². The average Bonchev–Trinajstić information content (AvgIpc) is 3.16. The Hall–Kier alpha value is -3.02. The van der Waals surface area contributed by atoms with E-state index in [1.54, 1.807) is 11.0 Å². The number of benzene rings is 2. The van der Waals surface area contributed by atoms with Crippen LogP contribution in [0.1, 0.15) is 19.3 Å². The molecule has 1 saturated heterocycles. The van der Waals surface area contributed by atoms with E-state index >= 15 is 0 Å². The van der Waals surface area contributed by atoms with E-state index in [-0.39, 0.29) is 18.4 Å². The fraction of sp³-hybridized carbons (Fsp3) is 0.364. The van der Waals surface area contributed by atoms with Gasteiger partial charge in [0.1, 0.15) is 5.75 Å². The molecule has 1 fully saturated rings. The predicted molar refractivity (Wildman–Crippen MR) is 111 cm³/mol. The van der Waals surface area contributed by atoms with Gasteiger partial charge in [-0.25, -0.2) is 0 Å². The topological polar surface area (TPSA) is 61.9 Å². The van der Waals surface area contributed by atoms with Crippen LogP contribution in [0, 0.1) is 0 Å². The molecule has 0 radical (unpaired) electrons. The number of ether oxygens (including phenoxy) is 1. The summed E-state index contributed by atoms with van der Waals surface area (Å²) in [4.78, 5) is 27.8. The SMILES string of the molecule is CN(CCCNC(=O)COc1cccc(N2CCCC2=O)c1)c1ccccc1. The first-order valence-corrected chi connectivity index (χ1v) is 9.69. The van der Waals surface area contributed by atoms with Crippen molar-refractivity contribution >= 4 is 23.2 Å². The van der Waals surface area contributed by atoms with E-state index in [9.17, 15) is 9.59 Å². The highest BCUT2D eigenvalue weighted by atomic mass is 16.5. The van der Waals surface area contributed by atoms with Crippen molar-refractivity contribution in [2.24, 2.45) is 0 Å². The zero-order valence-electron chi connectivity index (χ0n) is 16.3. The molecule has 28 heavy (non-hydrogen) atoms. The molecule has 1 aliphatic rings. The second kappa shape index (κ2) is 9.78. The van der Waals surface area contributed by atoms with Gasteiger partial charge in [-0.2, -0.15) is 0 Å². The summed E-state index contributed by atoms with van der Waals surface area (Å²) in [5.74, 6) is 0.580. The number of carbonyl (C=O) groups excluding carboxylic acids is 2. The minimum Gasteiger partial charge on any atom is -0.484 e. The van der Waals surface area contributed by atoms with Crippen molar-refractivity contribution in [2.45, 2.75) is 19.3 Å². The van der Waals surface area contributed by atoms with Crippen LogP contribution in [0.25, 0.3) is 0 Å². The molecule has 6 nitrogen and oxygen atoms in total. The quantitative estimate of drug-likeness (QED) is 0.679. The molecule has 2 aromatic carbocycles. The van der Waals surface area contributed by atoms with Gasteiger partial charge in [0.05, 0.1) is 0 Å². The molecule has 1 N–H and O–H groups in total. The Balaban J connectivity index is 1.37. The lowest BCUT2D eigenvalue weighted by molar-refractivity contribution is -0.123. The van der Waals surface area contributed by atoms with Gasteiger partial charge in [-0.05, 0) is 37.1 Å². The highest BCUT2D eigenvalue weighted by molar-refractivity contribution is 5.95. The van der Waals surface area contributed by atoms with Crippen LogP contribution in [0.4, 0.5) is 11.4 Å². The summed E-state index contributed by atoms with van der Waals surface area (Å²) in [7, 11) is 2.04. The molecule has 3 rings (SSSR count). The van der Waals surface area contributed by atoms with E-state index in [4.69, 9.17) is 4.74 Å². The van der Waals surface area contributed by atoms with E-state index in [1.165, 1.54) is 0 Å². The predicted octanol–water partition coefficient (Wildman–Crippen LogP) is 2.83. The molecule has 0 saturated carbocycles. The second-order valence-corrected chi connectivity index (χ2v) is 6.90. The van der Waals surface area contributed by atoms with Crippen LogP contribution in [0.3, 0.4) is 0 Å². The number of hydrogen-bond acceptors (Lipinski definition) is 4. The molecule has 2 aromatic rings. The van der Waals surface area contributed by atoms with Crippen molar-refractivity contribution in [3.63, 3.8) is 0 Å². The minimum absolute atomic E-state index is 0.0358. The van der Waals surface area contributed by atoms with Gasteiger partial charge in [0.2, 0.25) is 5.91 Å². The van der Waals surface area contributed by atoms with Gasteiger partial charge >= 0.3 is 0 Å². The Kier molecular flexibility index (Phi) is 6.89. The molecule has 6 heteroatoms. The Labute approximate surface area is 166 Å². The maximum Gasteiger partial charge on any atom is 0.257 e. The minimum atomic E-state index is -0.148. The first kappa shape index (κ1) is 19.7. The van der Waals surface area contributed by atoms with Crippen LogP contribution in [-0.2, 0) is 9.59 Å². The lowest BCUT2D eigenvalue weighted by Crippen LogP contribution is -2.31. The fourth-order valence-corrected chi connectivity index (χ4v) is 3.22. The van der Waals surface area contributed by atoms with Crippen molar-refractivity contribution in [3.05, 3.63) is 54.6 Å². The van der Waals surface area contributed by atoms with Crippen LogP contribution < -0.4 is 19.9 Å². The van der Waals surface area contributed by atoms with Gasteiger partial charge < -0.3 is 19.9 Å². The van der Waals surface area contributed by atoms with Gasteiger partial charge in [-0.15, -0.1) is 0 Å². The molecule has 1 heterocycles. The third-order valence-corrected chi connectivity index (χ3v) is 4.76. The third-order valence-electron chi connectivity index (χ3n) is 4.76. The summed E-state index contributed by atoms with van der Waals surface area (Å²) >= 11 is 0. The molecule has 0 aliphatic carbocycles. The Morgan fingerprint density at radius 1 is 1.18 bits per heavy atom. The number of para-hydroxylation sites is 1. The monoisotopic (exact) mass is 381 g/mol. The maximum atomic E-state index is 12.0. The smallest absolute Gasteiger partial charge is 0.257 e. The third kappa shape index (κ3) is 5.49. The van der Waals surface area contributed by atoms with Crippen molar-refractivity contribution in [1.29, 1.82) is 0 Å². The average molecular weight is 381 g/mol. The summed E-state index contributed by atoms with van der Waals surface area (Å²) in [6.45, 7) is 2.16. The molecule has 0 atom stereocenters. The molecular weight excluding hydrogens is 354 g/mol. The van der Waals surface area contributed by atoms with Gasteiger partial charge in [-0.3, -0.25) is 9.59 Å². The molecule has 148 valence electrons. The molecule has 2 amide bonds. The summed E-state index contributed by atoms with van der Waals surface area (Å²) in [6.07, 6.45) is 2.32. The number of hydrogen-bond donors (Lipinski definition) is 1. The van der Waals surface area contributed by atoms with Crippen LogP contribution in [0.15, 0.2) is 54.6 Å². The van der Waals surface area contributed by atoms with Crippen LogP contribution in [0.2, 0.25) is 0 Å². The van der Waals surface area contributed by atoms with E-state index in [1.807, 2.05) is 43.4 Å². The summed E-state index contributed by atoms with van der Waals surface area (Å²) < 4.78 is 5.59. The maximum absolute atomic E-state index is 12.0. The van der Waals surface area contributed by atoms with E-state index in [0.29, 0.717) is 18.7 Å². The number of anilines is 2. The first-order chi connectivity index (χ1) is 13.6. The highest BCUT2D eigenvalue weighted by Gasteiger charge is 2.21. The first-order valence-electron chi connectivity index (χ1n) is 9.69. The number of rotatable bonds is 9. The lowest BCUT2D eigenvalue weighted by Gasteiger charge is -2.19. The molecule has 1 aliphatic heterocycles. The van der Waals surface area contributed by atoms with E-state index in [0.717, 1.165) is 37.3 Å². The summed E-state index contributed by atoms with van der Waals surface area (Å²) in [5, 5.41) is 2.88. The van der Waals surface area contributed by atoms with Crippen molar-refractivity contribution in [2.75, 3.05) is 43.1 Å². The largest absolute Gasteiger partial charge is 0.484 e. The summed E-state index contributed by atoms with van der Waals surface area (Å²) in [5.41, 5.74) is 1.98. The normalized spacial score (nSPS) is 13.5. The molecule has 0 aromatic heterocycles. The zero-order valence-corrected chi connectivity index (χ0v) is 16.3. The van der Waals surface area contributed by atoms with Crippen LogP contribution in [-0.4, -0.2) is 45.1 Å². The van der Waals surface area contributed by atoms with Crippen LogP contribution in [0.5, 0.6) is 5.75 Å². The lowest BCUT2D eigenvalue weighted by atomic mass is 10.3. The number of nitrogens with one attached hydrogen (secondary N) is 1. The van der Waals surface area contributed by atoms with Gasteiger partial charge in [-0.1, -0.05) is 24.3 Å². The van der Waals surface area contributed by atoms with Crippen molar-refractivity contribution in [1.82, 2.24) is 5.32 Å². The highest BCUT2D eigenvalue weighted by Crippen LogP contribution is 2.25. The Bertz CT molecular complexity index is 795. The summed E-state index contributed by atoms with van der Waals surface area (Å²) in [6, 6.07) is 17.5. The van der Waals surface area contributed by atoms with E-state index < -0.39 is 0 Å². The fourth-order valence-electron chi connectivity index (χ4n) is 3.22. The van der Waals surface area contributed by atoms with Gasteiger partial charge in [0.15, 0.2) is 6.61 Å². The van der Waals surface area contributed by atoms with Crippen LogP contribution >= 0.6 is 0 Å². The molecule has 0 spiro atoms. The van der Waals surface area contributed by atoms with Crippen molar-refractivity contribution < 1.29 is 14.3 Å². The molecule has 0 unspecified atom stereocenters. The van der Waals surface area contributed by atoms with Gasteiger partial charge in [0, 0.05) is 50.5 Å². The molecular formula is C22H27N3O3.